The van der Waals surface area contributed by atoms with Crippen molar-refractivity contribution in [3.63, 3.8) is 0 Å². The van der Waals surface area contributed by atoms with Crippen LogP contribution in [0.2, 0.25) is 0 Å². The highest BCUT2D eigenvalue weighted by Gasteiger charge is 2.37. The van der Waals surface area contributed by atoms with Gasteiger partial charge < -0.3 is 9.94 Å². The Morgan fingerprint density at radius 2 is 1.81 bits per heavy atom. The molecule has 0 saturated heterocycles. The number of hydrogen-bond acceptors (Lipinski definition) is 3. The molecule has 0 atom stereocenters. The summed E-state index contributed by atoms with van der Waals surface area (Å²) in [4.78, 5) is 12.6. The first-order valence-corrected chi connectivity index (χ1v) is 6.67. The fourth-order valence-corrected chi connectivity index (χ4v) is 2.51. The third-order valence-electron chi connectivity index (χ3n) is 3.84. The van der Waals surface area contributed by atoms with Crippen LogP contribution in [0.5, 0.6) is 5.75 Å². The minimum Gasteiger partial charge on any atom is -0.618 e. The van der Waals surface area contributed by atoms with Gasteiger partial charge in [0, 0.05) is 6.07 Å². The molecule has 2 aromatic rings. The number of ether oxygens (including phenoxy) is 1. The molecule has 1 heterocycles. The van der Waals surface area contributed by atoms with Gasteiger partial charge in [-0.1, -0.05) is 6.07 Å². The average Bonchev–Trinajstić information content (AvgIpc) is 2.71. The molecule has 2 aromatic carbocycles. The van der Waals surface area contributed by atoms with Crippen molar-refractivity contribution < 1.29 is 14.3 Å². The highest BCUT2D eigenvalue weighted by Crippen LogP contribution is 2.31. The molecule has 0 bridgehead atoms. The number of fused-ring (bicyclic) bond motifs is 1. The van der Waals surface area contributed by atoms with Crippen LogP contribution in [0.1, 0.15) is 27.0 Å². The normalized spacial score (nSPS) is 13.6. The summed E-state index contributed by atoms with van der Waals surface area (Å²) >= 11 is 0. The quantitative estimate of drug-likeness (QED) is 0.627. The van der Waals surface area contributed by atoms with E-state index in [0.29, 0.717) is 22.6 Å². The molecular weight excluding hydrogens is 266 g/mol. The van der Waals surface area contributed by atoms with Gasteiger partial charge in [-0.15, -0.1) is 0 Å². The van der Waals surface area contributed by atoms with Crippen molar-refractivity contribution >= 4 is 17.2 Å². The van der Waals surface area contributed by atoms with Crippen LogP contribution in [0, 0.1) is 19.1 Å². The summed E-state index contributed by atoms with van der Waals surface area (Å²) in [6.07, 6.45) is 0. The van der Waals surface area contributed by atoms with Gasteiger partial charge in [0.2, 0.25) is 5.69 Å². The van der Waals surface area contributed by atoms with Gasteiger partial charge in [-0.2, -0.15) is 4.74 Å². The van der Waals surface area contributed by atoms with E-state index in [4.69, 9.17) is 4.74 Å². The molecule has 0 unspecified atom stereocenters. The number of methoxy groups -OCH3 is 1. The minimum absolute atomic E-state index is 0.147. The number of hydrogen-bond donors (Lipinski definition) is 0. The van der Waals surface area contributed by atoms with Crippen LogP contribution in [0.15, 0.2) is 36.4 Å². The van der Waals surface area contributed by atoms with Crippen LogP contribution in [0.25, 0.3) is 0 Å². The number of ketones is 1. The van der Waals surface area contributed by atoms with Crippen molar-refractivity contribution in [3.05, 3.63) is 63.9 Å². The molecule has 21 heavy (non-hydrogen) atoms. The Hall–Kier alpha value is -2.62. The topological polar surface area (TPSA) is 52.4 Å². The summed E-state index contributed by atoms with van der Waals surface area (Å²) in [6, 6.07) is 10.5. The molecule has 1 aliphatic heterocycles. The zero-order valence-corrected chi connectivity index (χ0v) is 12.1. The second-order valence-corrected chi connectivity index (χ2v) is 5.16. The molecule has 4 nitrogen and oxygen atoms in total. The predicted octanol–water partition coefficient (Wildman–Crippen LogP) is 3.14. The SMILES string of the molecule is COc1cccc(C2=[N+]([O-])c3cc(C)c(C)cc3C2=O)c1. The summed E-state index contributed by atoms with van der Waals surface area (Å²) in [5.41, 5.74) is 3.60. The fraction of sp³-hybridized carbons (Fsp3) is 0.176. The van der Waals surface area contributed by atoms with E-state index in [0.717, 1.165) is 15.9 Å². The molecule has 4 heteroatoms. The van der Waals surface area contributed by atoms with E-state index < -0.39 is 0 Å². The van der Waals surface area contributed by atoms with Gasteiger partial charge in [0.1, 0.15) is 11.3 Å². The summed E-state index contributed by atoms with van der Waals surface area (Å²) < 4.78 is 5.88. The van der Waals surface area contributed by atoms with Crippen molar-refractivity contribution in [2.24, 2.45) is 0 Å². The maximum absolute atomic E-state index is 12.6. The molecular formula is C17H15NO3. The number of carbonyl (C=O) groups excluding carboxylic acids is 1. The molecule has 0 radical (unpaired) electrons. The first-order valence-electron chi connectivity index (χ1n) is 6.67. The highest BCUT2D eigenvalue weighted by molar-refractivity contribution is 6.52. The van der Waals surface area contributed by atoms with Crippen molar-refractivity contribution in [2.45, 2.75) is 13.8 Å². The third-order valence-corrected chi connectivity index (χ3v) is 3.84. The van der Waals surface area contributed by atoms with Crippen LogP contribution in [0.4, 0.5) is 5.69 Å². The Bertz CT molecular complexity index is 791. The van der Waals surface area contributed by atoms with Crippen molar-refractivity contribution in [1.82, 2.24) is 0 Å². The number of aryl methyl sites for hydroxylation is 2. The van der Waals surface area contributed by atoms with Crippen LogP contribution in [0.3, 0.4) is 0 Å². The maximum Gasteiger partial charge on any atom is 0.273 e. The zero-order chi connectivity index (χ0) is 15.1. The smallest absolute Gasteiger partial charge is 0.273 e. The van der Waals surface area contributed by atoms with Crippen LogP contribution < -0.4 is 4.74 Å². The van der Waals surface area contributed by atoms with Crippen molar-refractivity contribution in [2.75, 3.05) is 7.11 Å². The van der Waals surface area contributed by atoms with Crippen molar-refractivity contribution in [1.29, 1.82) is 0 Å². The lowest BCUT2D eigenvalue weighted by Gasteiger charge is -2.05. The van der Waals surface area contributed by atoms with Gasteiger partial charge in [-0.25, -0.2) is 0 Å². The molecule has 0 saturated carbocycles. The largest absolute Gasteiger partial charge is 0.618 e. The van der Waals surface area contributed by atoms with Gasteiger partial charge in [-0.05, 0) is 49.2 Å². The highest BCUT2D eigenvalue weighted by atomic mass is 16.5. The monoisotopic (exact) mass is 281 g/mol. The lowest BCUT2D eigenvalue weighted by atomic mass is 9.99. The second kappa shape index (κ2) is 4.74. The number of benzene rings is 2. The van der Waals surface area contributed by atoms with Crippen LogP contribution in [-0.2, 0) is 0 Å². The van der Waals surface area contributed by atoms with Gasteiger partial charge in [0.05, 0.1) is 12.7 Å². The average molecular weight is 281 g/mol. The molecule has 3 rings (SSSR count). The zero-order valence-electron chi connectivity index (χ0n) is 12.1. The molecule has 0 N–H and O–H groups in total. The lowest BCUT2D eigenvalue weighted by molar-refractivity contribution is -0.355. The molecule has 0 spiro atoms. The van der Waals surface area contributed by atoms with E-state index in [1.54, 1.807) is 43.5 Å². The Morgan fingerprint density at radius 3 is 2.52 bits per heavy atom. The first-order chi connectivity index (χ1) is 10.0. The third kappa shape index (κ3) is 2.00. The van der Waals surface area contributed by atoms with Gasteiger partial charge in [0.15, 0.2) is 0 Å². The Kier molecular flexibility index (Phi) is 3.01. The van der Waals surface area contributed by atoms with Gasteiger partial charge in [0.25, 0.3) is 11.5 Å². The Balaban J connectivity index is 2.18. The number of rotatable bonds is 2. The van der Waals surface area contributed by atoms with E-state index in [2.05, 4.69) is 0 Å². The molecule has 106 valence electrons. The molecule has 0 aromatic heterocycles. The Labute approximate surface area is 122 Å². The number of carbonyl (C=O) groups is 1. The van der Waals surface area contributed by atoms with E-state index in [1.165, 1.54) is 0 Å². The van der Waals surface area contributed by atoms with Crippen LogP contribution in [-0.4, -0.2) is 23.3 Å². The predicted molar refractivity (Wildman–Crippen MR) is 80.6 cm³/mol. The summed E-state index contributed by atoms with van der Waals surface area (Å²) in [6.45, 7) is 3.86. The number of Topliss-reactive ketones (excluding diaryl/α,β-unsaturated/α-hetero) is 1. The van der Waals surface area contributed by atoms with E-state index >= 15 is 0 Å². The molecule has 0 fully saturated rings. The van der Waals surface area contributed by atoms with Crippen LogP contribution >= 0.6 is 0 Å². The first kappa shape index (κ1) is 13.4. The number of nitrogens with zero attached hydrogens (tertiary/aromatic N) is 1. The summed E-state index contributed by atoms with van der Waals surface area (Å²) in [5, 5.41) is 12.5. The minimum atomic E-state index is -0.239. The summed E-state index contributed by atoms with van der Waals surface area (Å²) in [7, 11) is 1.55. The molecule has 0 amide bonds. The fourth-order valence-electron chi connectivity index (χ4n) is 2.51. The summed E-state index contributed by atoms with van der Waals surface area (Å²) in [5.74, 6) is 0.376. The lowest BCUT2D eigenvalue weighted by Crippen LogP contribution is -2.16. The van der Waals surface area contributed by atoms with Gasteiger partial charge >= 0.3 is 0 Å². The maximum atomic E-state index is 12.6. The van der Waals surface area contributed by atoms with E-state index in [9.17, 15) is 10.0 Å². The van der Waals surface area contributed by atoms with E-state index in [1.807, 2.05) is 13.8 Å². The van der Waals surface area contributed by atoms with E-state index in [-0.39, 0.29) is 11.5 Å². The molecule has 0 aliphatic carbocycles. The standard InChI is InChI=1S/C17H15NO3/c1-10-7-14-15(8-11(10)2)18(20)16(17(14)19)12-5-4-6-13(9-12)21-3/h4-9H,1-3H3. The second-order valence-electron chi connectivity index (χ2n) is 5.16. The van der Waals surface area contributed by atoms with Crippen molar-refractivity contribution in [3.8, 4) is 5.75 Å². The van der Waals surface area contributed by atoms with Gasteiger partial charge in [-0.3, -0.25) is 4.79 Å². The Morgan fingerprint density at radius 1 is 1.10 bits per heavy atom. The molecule has 1 aliphatic rings.